The number of nitrogens with one attached hydrogen (secondary N) is 1. The number of anilines is 1. The highest BCUT2D eigenvalue weighted by Crippen LogP contribution is 2.33. The molecule has 0 unspecified atom stereocenters. The number of aromatic nitrogens is 3. The predicted octanol–water partition coefficient (Wildman–Crippen LogP) is 3.41. The summed E-state index contributed by atoms with van der Waals surface area (Å²) in [5, 5.41) is 11.9. The molecule has 29 heavy (non-hydrogen) atoms. The van der Waals surface area contributed by atoms with Gasteiger partial charge in [0.25, 0.3) is 5.89 Å². The van der Waals surface area contributed by atoms with Crippen LogP contribution in [0.1, 0.15) is 5.89 Å². The summed E-state index contributed by atoms with van der Waals surface area (Å²) in [7, 11) is 0. The molecule has 0 atom stereocenters. The van der Waals surface area contributed by atoms with Crippen LogP contribution in [-0.2, 0) is 11.3 Å². The van der Waals surface area contributed by atoms with Gasteiger partial charge in [-0.15, -0.1) is 10.2 Å². The second-order valence-corrected chi connectivity index (χ2v) is 6.71. The summed E-state index contributed by atoms with van der Waals surface area (Å²) in [5.41, 5.74) is 2.26. The Morgan fingerprint density at radius 2 is 1.90 bits per heavy atom. The zero-order chi connectivity index (χ0) is 19.8. The van der Waals surface area contributed by atoms with E-state index in [2.05, 4.69) is 15.5 Å². The molecule has 0 spiro atoms. The monoisotopic (exact) mass is 390 g/mol. The van der Waals surface area contributed by atoms with Crippen molar-refractivity contribution in [2.45, 2.75) is 13.5 Å². The van der Waals surface area contributed by atoms with Crippen LogP contribution in [-0.4, -0.2) is 33.9 Å². The topological polar surface area (TPSA) is 91.4 Å². The lowest BCUT2D eigenvalue weighted by atomic mass is 10.2. The van der Waals surface area contributed by atoms with Gasteiger partial charge in [0.1, 0.15) is 25.5 Å². The lowest BCUT2D eigenvalue weighted by Crippen LogP contribution is -2.20. The van der Waals surface area contributed by atoms with Gasteiger partial charge in [0.05, 0.1) is 0 Å². The number of nitrogens with zero attached hydrogens (tertiary/aromatic N) is 3. The van der Waals surface area contributed by atoms with Crippen LogP contribution in [0.25, 0.3) is 22.5 Å². The first-order valence-electron chi connectivity index (χ1n) is 9.25. The van der Waals surface area contributed by atoms with Crippen LogP contribution in [0, 0.1) is 6.92 Å². The van der Waals surface area contributed by atoms with Crippen LogP contribution >= 0.6 is 0 Å². The molecule has 4 aromatic rings. The highest BCUT2D eigenvalue weighted by atomic mass is 16.6. The molecule has 5 rings (SSSR count). The molecule has 1 N–H and O–H groups in total. The number of ether oxygens (including phenoxy) is 2. The van der Waals surface area contributed by atoms with Crippen molar-refractivity contribution in [2.75, 3.05) is 18.5 Å². The van der Waals surface area contributed by atoms with Crippen LogP contribution in [0.15, 0.2) is 52.9 Å². The van der Waals surface area contributed by atoms with E-state index in [4.69, 9.17) is 13.9 Å². The first-order valence-corrected chi connectivity index (χ1v) is 9.25. The van der Waals surface area contributed by atoms with E-state index in [0.29, 0.717) is 47.9 Å². The van der Waals surface area contributed by atoms with Crippen molar-refractivity contribution in [1.29, 1.82) is 0 Å². The highest BCUT2D eigenvalue weighted by Gasteiger charge is 2.18. The normalized spacial score (nSPS) is 12.9. The van der Waals surface area contributed by atoms with Crippen molar-refractivity contribution in [1.82, 2.24) is 14.8 Å². The fourth-order valence-corrected chi connectivity index (χ4v) is 3.42. The molecular weight excluding hydrogens is 372 g/mol. The quantitative estimate of drug-likeness (QED) is 0.574. The van der Waals surface area contributed by atoms with E-state index in [-0.39, 0.29) is 12.5 Å². The molecule has 3 heterocycles. The molecule has 2 aromatic heterocycles. The molecule has 146 valence electrons. The molecule has 2 aromatic carbocycles. The average molecular weight is 390 g/mol. The van der Waals surface area contributed by atoms with Crippen LogP contribution in [0.2, 0.25) is 0 Å². The Labute approximate surface area is 166 Å². The Bertz CT molecular complexity index is 1210. The SMILES string of the molecule is Cc1nnc(-c2cc3ccccc3n2CC(=O)Nc2ccc3c(c2)OCCO3)o1. The minimum absolute atomic E-state index is 0.0959. The van der Waals surface area contributed by atoms with Crippen LogP contribution in [0.5, 0.6) is 11.5 Å². The summed E-state index contributed by atoms with van der Waals surface area (Å²) in [6, 6.07) is 15.1. The Hall–Kier alpha value is -3.81. The fourth-order valence-electron chi connectivity index (χ4n) is 3.42. The average Bonchev–Trinajstić information content (AvgIpc) is 3.32. The summed E-state index contributed by atoms with van der Waals surface area (Å²) in [6.07, 6.45) is 0. The molecule has 1 aliphatic rings. The molecule has 1 amide bonds. The van der Waals surface area contributed by atoms with Crippen LogP contribution < -0.4 is 14.8 Å². The highest BCUT2D eigenvalue weighted by molar-refractivity contribution is 5.94. The zero-order valence-electron chi connectivity index (χ0n) is 15.7. The molecule has 0 aliphatic carbocycles. The minimum Gasteiger partial charge on any atom is -0.486 e. The van der Waals surface area contributed by atoms with Gasteiger partial charge in [0.2, 0.25) is 11.8 Å². The number of benzene rings is 2. The predicted molar refractivity (Wildman–Crippen MR) is 106 cm³/mol. The Kier molecular flexibility index (Phi) is 4.16. The lowest BCUT2D eigenvalue weighted by molar-refractivity contribution is -0.116. The van der Waals surface area contributed by atoms with Crippen molar-refractivity contribution in [3.8, 4) is 23.1 Å². The third-order valence-electron chi connectivity index (χ3n) is 4.68. The molecule has 1 aliphatic heterocycles. The maximum Gasteiger partial charge on any atom is 0.264 e. The molecule has 8 heteroatoms. The molecule has 0 saturated carbocycles. The number of hydrogen-bond donors (Lipinski definition) is 1. The molecular formula is C21H18N4O4. The van der Waals surface area contributed by atoms with Gasteiger partial charge in [0.15, 0.2) is 11.5 Å². The van der Waals surface area contributed by atoms with Crippen molar-refractivity contribution >= 4 is 22.5 Å². The number of carbonyl (C=O) groups is 1. The smallest absolute Gasteiger partial charge is 0.264 e. The Balaban J connectivity index is 1.44. The number of rotatable bonds is 4. The maximum absolute atomic E-state index is 12.8. The van der Waals surface area contributed by atoms with E-state index in [1.165, 1.54) is 0 Å². The second-order valence-electron chi connectivity index (χ2n) is 6.71. The third kappa shape index (κ3) is 3.29. The van der Waals surface area contributed by atoms with Gasteiger partial charge in [-0.25, -0.2) is 0 Å². The fraction of sp³-hybridized carbons (Fsp3) is 0.190. The zero-order valence-corrected chi connectivity index (χ0v) is 15.7. The minimum atomic E-state index is -0.180. The number of hydrogen-bond acceptors (Lipinski definition) is 6. The van der Waals surface area contributed by atoms with Crippen molar-refractivity contribution < 1.29 is 18.7 Å². The summed E-state index contributed by atoms with van der Waals surface area (Å²) in [5.74, 6) is 1.98. The van der Waals surface area contributed by atoms with E-state index in [1.54, 1.807) is 25.1 Å². The van der Waals surface area contributed by atoms with E-state index in [9.17, 15) is 4.79 Å². The van der Waals surface area contributed by atoms with Gasteiger partial charge in [-0.1, -0.05) is 18.2 Å². The van der Waals surface area contributed by atoms with Gasteiger partial charge >= 0.3 is 0 Å². The van der Waals surface area contributed by atoms with E-state index in [1.807, 2.05) is 34.9 Å². The first-order chi connectivity index (χ1) is 14.2. The largest absolute Gasteiger partial charge is 0.486 e. The van der Waals surface area contributed by atoms with E-state index >= 15 is 0 Å². The third-order valence-corrected chi connectivity index (χ3v) is 4.68. The van der Waals surface area contributed by atoms with Gasteiger partial charge in [-0.05, 0) is 24.3 Å². The van der Waals surface area contributed by atoms with Crippen molar-refractivity contribution in [3.63, 3.8) is 0 Å². The number of para-hydroxylation sites is 1. The first kappa shape index (κ1) is 17.3. The van der Waals surface area contributed by atoms with Crippen LogP contribution in [0.4, 0.5) is 5.69 Å². The summed E-state index contributed by atoms with van der Waals surface area (Å²) in [4.78, 5) is 12.8. The van der Waals surface area contributed by atoms with Gasteiger partial charge in [0, 0.05) is 29.6 Å². The van der Waals surface area contributed by atoms with E-state index in [0.717, 1.165) is 10.9 Å². The molecule has 8 nitrogen and oxygen atoms in total. The Morgan fingerprint density at radius 3 is 2.72 bits per heavy atom. The molecule has 0 fully saturated rings. The van der Waals surface area contributed by atoms with Crippen molar-refractivity contribution in [3.05, 3.63) is 54.4 Å². The molecule has 0 bridgehead atoms. The van der Waals surface area contributed by atoms with Crippen molar-refractivity contribution in [2.24, 2.45) is 0 Å². The van der Waals surface area contributed by atoms with Crippen LogP contribution in [0.3, 0.4) is 0 Å². The number of carbonyl (C=O) groups excluding carboxylic acids is 1. The molecule has 0 saturated heterocycles. The number of fused-ring (bicyclic) bond motifs is 2. The standard InChI is InChI=1S/C21H18N4O4/c1-13-23-24-21(29-13)17-10-14-4-2-3-5-16(14)25(17)12-20(26)22-15-6-7-18-19(11-15)28-9-8-27-18/h2-7,10-11H,8-9,12H2,1H3,(H,22,26). The maximum atomic E-state index is 12.8. The Morgan fingerprint density at radius 1 is 1.07 bits per heavy atom. The number of aryl methyl sites for hydroxylation is 1. The summed E-state index contributed by atoms with van der Waals surface area (Å²) < 4.78 is 18.6. The van der Waals surface area contributed by atoms with E-state index < -0.39 is 0 Å². The van der Waals surface area contributed by atoms with Gasteiger partial charge < -0.3 is 23.8 Å². The summed E-state index contributed by atoms with van der Waals surface area (Å²) in [6.45, 7) is 2.85. The van der Waals surface area contributed by atoms with Gasteiger partial charge in [-0.2, -0.15) is 0 Å². The van der Waals surface area contributed by atoms with Gasteiger partial charge in [-0.3, -0.25) is 4.79 Å². The summed E-state index contributed by atoms with van der Waals surface area (Å²) >= 11 is 0. The lowest BCUT2D eigenvalue weighted by Gasteiger charge is -2.19. The second kappa shape index (κ2) is 6.97. The number of amides is 1. The molecule has 0 radical (unpaired) electrons.